The van der Waals surface area contributed by atoms with E-state index in [0.29, 0.717) is 16.4 Å². The van der Waals surface area contributed by atoms with Crippen molar-refractivity contribution in [3.8, 4) is 0 Å². The van der Waals surface area contributed by atoms with Gasteiger partial charge in [0.1, 0.15) is 5.82 Å². The number of nitrogens with two attached hydrogens (primary N) is 1. The maximum Gasteiger partial charge on any atom is 0.234 e. The molecule has 0 radical (unpaired) electrons. The first kappa shape index (κ1) is 15.9. The molecule has 21 heavy (non-hydrogen) atoms. The smallest absolute Gasteiger partial charge is 0.234 e. The second-order valence-electron chi connectivity index (χ2n) is 4.16. The van der Waals surface area contributed by atoms with Crippen LogP contribution in [0.4, 0.5) is 15.8 Å². The van der Waals surface area contributed by atoms with Crippen molar-refractivity contribution >= 4 is 52.2 Å². The molecule has 0 saturated carbocycles. The Balaban J connectivity index is 1.95. The molecule has 0 aliphatic heterocycles. The van der Waals surface area contributed by atoms with Crippen LogP contribution < -0.4 is 11.1 Å². The van der Waals surface area contributed by atoms with Crippen LogP contribution in [-0.4, -0.2) is 11.7 Å². The molecule has 2 rings (SSSR count). The van der Waals surface area contributed by atoms with Crippen LogP contribution in [0.25, 0.3) is 0 Å². The first-order valence-corrected chi connectivity index (χ1v) is 7.62. The number of hydrogen-bond donors (Lipinski definition) is 2. The number of halogens is 3. The topological polar surface area (TPSA) is 55.1 Å². The highest BCUT2D eigenvalue weighted by Crippen LogP contribution is 2.29. The second kappa shape index (κ2) is 7.02. The van der Waals surface area contributed by atoms with E-state index in [4.69, 9.17) is 28.9 Å². The highest BCUT2D eigenvalue weighted by atomic mass is 35.5. The quantitative estimate of drug-likeness (QED) is 0.636. The zero-order chi connectivity index (χ0) is 15.4. The van der Waals surface area contributed by atoms with Crippen LogP contribution >= 0.6 is 35.0 Å². The van der Waals surface area contributed by atoms with Gasteiger partial charge in [-0.15, -0.1) is 11.8 Å². The van der Waals surface area contributed by atoms with Gasteiger partial charge in [-0.3, -0.25) is 4.79 Å². The number of thioether (sulfide) groups is 1. The SMILES string of the molecule is Nc1ccc(Cl)c(SCC(=O)Nc2ccc(F)c(Cl)c2)c1. The van der Waals surface area contributed by atoms with E-state index in [-0.39, 0.29) is 16.7 Å². The predicted octanol–water partition coefficient (Wildman–Crippen LogP) is 4.45. The van der Waals surface area contributed by atoms with Crippen LogP contribution in [0, 0.1) is 5.82 Å². The third-order valence-corrected chi connectivity index (χ3v) is 4.30. The average Bonchev–Trinajstić information content (AvgIpc) is 2.44. The Morgan fingerprint density at radius 3 is 2.67 bits per heavy atom. The van der Waals surface area contributed by atoms with Gasteiger partial charge in [0, 0.05) is 16.3 Å². The van der Waals surface area contributed by atoms with Gasteiger partial charge in [-0.25, -0.2) is 4.39 Å². The van der Waals surface area contributed by atoms with Crippen LogP contribution in [-0.2, 0) is 4.79 Å². The molecule has 1 amide bonds. The van der Waals surface area contributed by atoms with E-state index >= 15 is 0 Å². The second-order valence-corrected chi connectivity index (χ2v) is 5.99. The molecule has 0 saturated heterocycles. The molecular formula is C14H11Cl2FN2OS. The van der Waals surface area contributed by atoms with Gasteiger partial charge in [0.25, 0.3) is 0 Å². The first-order valence-electron chi connectivity index (χ1n) is 5.88. The molecule has 0 aliphatic rings. The van der Waals surface area contributed by atoms with Crippen molar-refractivity contribution in [1.29, 1.82) is 0 Å². The highest BCUT2D eigenvalue weighted by Gasteiger charge is 2.08. The Labute approximate surface area is 135 Å². The average molecular weight is 345 g/mol. The standard InChI is InChI=1S/C14H11Cl2FN2OS/c15-10-3-1-8(18)5-13(10)21-7-14(20)19-9-2-4-12(17)11(16)6-9/h1-6H,7,18H2,(H,19,20). The molecular weight excluding hydrogens is 334 g/mol. The minimum absolute atomic E-state index is 0.0423. The summed E-state index contributed by atoms with van der Waals surface area (Å²) in [4.78, 5) is 12.6. The molecule has 0 heterocycles. The molecule has 0 spiro atoms. The van der Waals surface area contributed by atoms with E-state index in [1.165, 1.54) is 30.0 Å². The molecule has 7 heteroatoms. The third-order valence-electron chi connectivity index (χ3n) is 2.52. The molecule has 3 nitrogen and oxygen atoms in total. The molecule has 3 N–H and O–H groups in total. The summed E-state index contributed by atoms with van der Waals surface area (Å²) in [7, 11) is 0. The highest BCUT2D eigenvalue weighted by molar-refractivity contribution is 8.00. The Morgan fingerprint density at radius 2 is 1.95 bits per heavy atom. The number of carbonyl (C=O) groups excluding carboxylic acids is 1. The first-order chi connectivity index (χ1) is 9.95. The summed E-state index contributed by atoms with van der Waals surface area (Å²) in [6.07, 6.45) is 0. The van der Waals surface area contributed by atoms with Crippen molar-refractivity contribution in [2.45, 2.75) is 4.90 Å². The largest absolute Gasteiger partial charge is 0.399 e. The fourth-order valence-corrected chi connectivity index (χ4v) is 2.79. The molecule has 110 valence electrons. The van der Waals surface area contributed by atoms with Crippen LogP contribution in [0.1, 0.15) is 0 Å². The van der Waals surface area contributed by atoms with Crippen molar-refractivity contribution in [2.75, 3.05) is 16.8 Å². The summed E-state index contributed by atoms with van der Waals surface area (Å²) in [6.45, 7) is 0. The van der Waals surface area contributed by atoms with Crippen molar-refractivity contribution in [2.24, 2.45) is 0 Å². The van der Waals surface area contributed by atoms with E-state index in [1.807, 2.05) is 0 Å². The predicted molar refractivity (Wildman–Crippen MR) is 86.6 cm³/mol. The Kier molecular flexibility index (Phi) is 5.33. The van der Waals surface area contributed by atoms with Crippen LogP contribution in [0.15, 0.2) is 41.3 Å². The molecule has 0 aromatic heterocycles. The fourth-order valence-electron chi connectivity index (χ4n) is 1.54. The lowest BCUT2D eigenvalue weighted by molar-refractivity contribution is -0.113. The number of anilines is 2. The lowest BCUT2D eigenvalue weighted by Crippen LogP contribution is -2.14. The number of hydrogen-bond acceptors (Lipinski definition) is 3. The molecule has 0 fully saturated rings. The summed E-state index contributed by atoms with van der Waals surface area (Å²) >= 11 is 12.9. The summed E-state index contributed by atoms with van der Waals surface area (Å²) in [5.74, 6) is -0.630. The maximum absolute atomic E-state index is 13.0. The number of nitrogen functional groups attached to an aromatic ring is 1. The minimum atomic E-state index is -0.532. The zero-order valence-electron chi connectivity index (χ0n) is 10.7. The third kappa shape index (κ3) is 4.52. The Morgan fingerprint density at radius 1 is 1.19 bits per heavy atom. The lowest BCUT2D eigenvalue weighted by atomic mass is 10.3. The van der Waals surface area contributed by atoms with Crippen molar-refractivity contribution in [3.05, 3.63) is 52.3 Å². The van der Waals surface area contributed by atoms with Crippen molar-refractivity contribution in [3.63, 3.8) is 0 Å². The van der Waals surface area contributed by atoms with Gasteiger partial charge in [0.05, 0.1) is 15.8 Å². The molecule has 0 aliphatic carbocycles. The number of rotatable bonds is 4. The number of amides is 1. The summed E-state index contributed by atoms with van der Waals surface area (Å²) in [6, 6.07) is 9.06. The van der Waals surface area contributed by atoms with Gasteiger partial charge < -0.3 is 11.1 Å². The van der Waals surface area contributed by atoms with Gasteiger partial charge in [0.15, 0.2) is 0 Å². The van der Waals surface area contributed by atoms with Gasteiger partial charge in [0.2, 0.25) is 5.91 Å². The van der Waals surface area contributed by atoms with E-state index < -0.39 is 5.82 Å². The summed E-state index contributed by atoms with van der Waals surface area (Å²) in [5, 5.41) is 3.12. The van der Waals surface area contributed by atoms with Crippen LogP contribution in [0.5, 0.6) is 0 Å². The van der Waals surface area contributed by atoms with E-state index in [2.05, 4.69) is 5.32 Å². The van der Waals surface area contributed by atoms with Crippen molar-refractivity contribution < 1.29 is 9.18 Å². The molecule has 2 aromatic carbocycles. The maximum atomic E-state index is 13.0. The zero-order valence-corrected chi connectivity index (χ0v) is 13.0. The van der Waals surface area contributed by atoms with E-state index in [1.54, 1.807) is 18.2 Å². The van der Waals surface area contributed by atoms with Crippen molar-refractivity contribution in [1.82, 2.24) is 0 Å². The summed E-state index contributed by atoms with van der Waals surface area (Å²) in [5.41, 5.74) is 6.68. The minimum Gasteiger partial charge on any atom is -0.399 e. The van der Waals surface area contributed by atoms with Gasteiger partial charge in [-0.05, 0) is 36.4 Å². The molecule has 0 atom stereocenters. The fraction of sp³-hybridized carbons (Fsp3) is 0.0714. The number of benzene rings is 2. The Hall–Kier alpha value is -1.43. The van der Waals surface area contributed by atoms with Crippen LogP contribution in [0.2, 0.25) is 10.0 Å². The molecule has 2 aromatic rings. The van der Waals surface area contributed by atoms with E-state index in [9.17, 15) is 9.18 Å². The van der Waals surface area contributed by atoms with E-state index in [0.717, 1.165) is 4.90 Å². The molecule has 0 bridgehead atoms. The lowest BCUT2D eigenvalue weighted by Gasteiger charge is -2.07. The number of nitrogens with one attached hydrogen (secondary N) is 1. The monoisotopic (exact) mass is 344 g/mol. The number of carbonyl (C=O) groups is 1. The normalized spacial score (nSPS) is 10.4. The Bertz CT molecular complexity index is 682. The summed E-state index contributed by atoms with van der Waals surface area (Å²) < 4.78 is 13.0. The molecule has 0 unspecified atom stereocenters. The van der Waals surface area contributed by atoms with Gasteiger partial charge in [-0.1, -0.05) is 23.2 Å². The van der Waals surface area contributed by atoms with Crippen LogP contribution in [0.3, 0.4) is 0 Å². The van der Waals surface area contributed by atoms with Gasteiger partial charge in [-0.2, -0.15) is 0 Å². The van der Waals surface area contributed by atoms with Gasteiger partial charge >= 0.3 is 0 Å².